The normalized spacial score (nSPS) is 21.8. The molecular weight excluding hydrogens is 260 g/mol. The summed E-state index contributed by atoms with van der Waals surface area (Å²) in [5.74, 6) is 0.0114. The molecule has 0 saturated carbocycles. The molecule has 2 aliphatic heterocycles. The molecule has 7 heteroatoms. The SMILES string of the molecule is OCC1(CNc2ccc3c(c2)OC(F)(F)O3)COC1. The van der Waals surface area contributed by atoms with Crippen molar-refractivity contribution in [1.29, 1.82) is 0 Å². The van der Waals surface area contributed by atoms with Crippen molar-refractivity contribution in [3.05, 3.63) is 18.2 Å². The summed E-state index contributed by atoms with van der Waals surface area (Å²) in [5, 5.41) is 12.3. The molecule has 5 nitrogen and oxygen atoms in total. The molecular formula is C12H13F2NO4. The van der Waals surface area contributed by atoms with Gasteiger partial charge in [-0.15, -0.1) is 8.78 Å². The molecule has 1 aromatic carbocycles. The predicted octanol–water partition coefficient (Wildman–Crippen LogP) is 1.43. The van der Waals surface area contributed by atoms with E-state index < -0.39 is 6.29 Å². The van der Waals surface area contributed by atoms with Crippen molar-refractivity contribution in [2.75, 3.05) is 31.7 Å². The number of benzene rings is 1. The molecule has 0 spiro atoms. The Morgan fingerprint density at radius 2 is 1.95 bits per heavy atom. The van der Waals surface area contributed by atoms with Crippen LogP contribution in [0.5, 0.6) is 11.5 Å². The molecule has 0 aromatic heterocycles. The number of hydrogen-bond donors (Lipinski definition) is 2. The smallest absolute Gasteiger partial charge is 0.396 e. The zero-order valence-electron chi connectivity index (χ0n) is 9.99. The highest BCUT2D eigenvalue weighted by Crippen LogP contribution is 2.42. The summed E-state index contributed by atoms with van der Waals surface area (Å²) in [7, 11) is 0. The van der Waals surface area contributed by atoms with E-state index in [0.717, 1.165) is 0 Å². The number of halogens is 2. The third-order valence-electron chi connectivity index (χ3n) is 3.22. The summed E-state index contributed by atoms with van der Waals surface area (Å²) in [6.07, 6.45) is -3.60. The number of rotatable bonds is 4. The van der Waals surface area contributed by atoms with Gasteiger partial charge in [0.05, 0.1) is 25.2 Å². The van der Waals surface area contributed by atoms with Crippen molar-refractivity contribution in [1.82, 2.24) is 0 Å². The van der Waals surface area contributed by atoms with Crippen molar-refractivity contribution in [2.24, 2.45) is 5.41 Å². The Kier molecular flexibility index (Phi) is 2.75. The lowest BCUT2D eigenvalue weighted by molar-refractivity contribution is -0.286. The minimum absolute atomic E-state index is 0.00194. The maximum absolute atomic E-state index is 12.8. The highest BCUT2D eigenvalue weighted by atomic mass is 19.3. The molecule has 2 aliphatic rings. The molecule has 0 atom stereocenters. The van der Waals surface area contributed by atoms with Crippen LogP contribution in [0.4, 0.5) is 14.5 Å². The number of fused-ring (bicyclic) bond motifs is 1. The number of aliphatic hydroxyl groups excluding tert-OH is 1. The van der Waals surface area contributed by atoms with Crippen LogP contribution in [-0.2, 0) is 4.74 Å². The van der Waals surface area contributed by atoms with Gasteiger partial charge in [-0.3, -0.25) is 0 Å². The summed E-state index contributed by atoms with van der Waals surface area (Å²) >= 11 is 0. The Hall–Kier alpha value is -1.60. The number of anilines is 1. The summed E-state index contributed by atoms with van der Waals surface area (Å²) < 4.78 is 39.4. The van der Waals surface area contributed by atoms with Gasteiger partial charge in [0.2, 0.25) is 0 Å². The first kappa shape index (κ1) is 12.4. The van der Waals surface area contributed by atoms with E-state index in [0.29, 0.717) is 25.4 Å². The molecule has 1 fully saturated rings. The molecule has 0 unspecified atom stereocenters. The largest absolute Gasteiger partial charge is 0.586 e. The molecule has 3 rings (SSSR count). The highest BCUT2D eigenvalue weighted by Gasteiger charge is 2.43. The van der Waals surface area contributed by atoms with Crippen LogP contribution < -0.4 is 14.8 Å². The highest BCUT2D eigenvalue weighted by molar-refractivity contribution is 5.56. The lowest BCUT2D eigenvalue weighted by Crippen LogP contribution is -2.50. The Balaban J connectivity index is 1.67. The second-order valence-electron chi connectivity index (χ2n) is 4.83. The standard InChI is InChI=1S/C12H13F2NO4/c13-12(14)18-9-2-1-8(3-10(9)19-12)15-4-11(5-16)6-17-7-11/h1-3,15-16H,4-7H2. The third-order valence-corrected chi connectivity index (χ3v) is 3.22. The summed E-state index contributed by atoms with van der Waals surface area (Å²) in [4.78, 5) is 0. The minimum atomic E-state index is -3.60. The molecule has 0 aliphatic carbocycles. The average Bonchev–Trinajstić information content (AvgIpc) is 2.61. The van der Waals surface area contributed by atoms with Crippen molar-refractivity contribution in [3.8, 4) is 11.5 Å². The Bertz CT molecular complexity index is 485. The molecule has 0 radical (unpaired) electrons. The molecule has 19 heavy (non-hydrogen) atoms. The minimum Gasteiger partial charge on any atom is -0.396 e. The Morgan fingerprint density at radius 1 is 1.21 bits per heavy atom. The first-order valence-electron chi connectivity index (χ1n) is 5.84. The number of ether oxygens (including phenoxy) is 3. The van der Waals surface area contributed by atoms with E-state index in [1.807, 2.05) is 0 Å². The fraction of sp³-hybridized carbons (Fsp3) is 0.500. The van der Waals surface area contributed by atoms with Gasteiger partial charge in [-0.25, -0.2) is 0 Å². The summed E-state index contributed by atoms with van der Waals surface area (Å²) in [6, 6.07) is 4.48. The van der Waals surface area contributed by atoms with Crippen LogP contribution in [0.15, 0.2) is 18.2 Å². The number of nitrogens with one attached hydrogen (secondary N) is 1. The first-order chi connectivity index (χ1) is 9.02. The van der Waals surface area contributed by atoms with E-state index in [1.54, 1.807) is 6.07 Å². The first-order valence-corrected chi connectivity index (χ1v) is 5.84. The van der Waals surface area contributed by atoms with Gasteiger partial charge in [-0.2, -0.15) is 0 Å². The predicted molar refractivity (Wildman–Crippen MR) is 61.5 cm³/mol. The van der Waals surface area contributed by atoms with Crippen LogP contribution in [0.1, 0.15) is 0 Å². The molecule has 1 aromatic rings. The van der Waals surface area contributed by atoms with E-state index in [9.17, 15) is 13.9 Å². The van der Waals surface area contributed by atoms with Gasteiger partial charge >= 0.3 is 6.29 Å². The van der Waals surface area contributed by atoms with E-state index in [-0.39, 0.29) is 23.5 Å². The Labute approximate surface area is 108 Å². The van der Waals surface area contributed by atoms with Gasteiger partial charge in [0.1, 0.15) is 0 Å². The van der Waals surface area contributed by atoms with Crippen LogP contribution in [0.2, 0.25) is 0 Å². The average molecular weight is 273 g/mol. The van der Waals surface area contributed by atoms with Crippen LogP contribution in [-0.4, -0.2) is 37.8 Å². The van der Waals surface area contributed by atoms with Crippen LogP contribution in [0, 0.1) is 5.41 Å². The third kappa shape index (κ3) is 2.31. The van der Waals surface area contributed by atoms with Crippen molar-refractivity contribution in [3.63, 3.8) is 0 Å². The van der Waals surface area contributed by atoms with E-state index in [1.165, 1.54) is 12.1 Å². The van der Waals surface area contributed by atoms with Crippen molar-refractivity contribution >= 4 is 5.69 Å². The van der Waals surface area contributed by atoms with Gasteiger partial charge in [0.15, 0.2) is 11.5 Å². The topological polar surface area (TPSA) is 60.0 Å². The molecule has 0 bridgehead atoms. The molecule has 1 saturated heterocycles. The maximum Gasteiger partial charge on any atom is 0.586 e. The van der Waals surface area contributed by atoms with E-state index in [4.69, 9.17) is 4.74 Å². The second-order valence-corrected chi connectivity index (χ2v) is 4.83. The van der Waals surface area contributed by atoms with Gasteiger partial charge in [0, 0.05) is 18.3 Å². The number of hydrogen-bond acceptors (Lipinski definition) is 5. The van der Waals surface area contributed by atoms with Gasteiger partial charge < -0.3 is 24.6 Å². The van der Waals surface area contributed by atoms with Crippen LogP contribution in [0.25, 0.3) is 0 Å². The van der Waals surface area contributed by atoms with E-state index >= 15 is 0 Å². The second kappa shape index (κ2) is 4.21. The van der Waals surface area contributed by atoms with Crippen LogP contribution >= 0.6 is 0 Å². The monoisotopic (exact) mass is 273 g/mol. The molecule has 104 valence electrons. The molecule has 2 heterocycles. The zero-order valence-corrected chi connectivity index (χ0v) is 9.99. The lowest BCUT2D eigenvalue weighted by Gasteiger charge is -2.40. The lowest BCUT2D eigenvalue weighted by atomic mass is 9.87. The van der Waals surface area contributed by atoms with Crippen molar-refractivity contribution in [2.45, 2.75) is 6.29 Å². The van der Waals surface area contributed by atoms with Crippen LogP contribution in [0.3, 0.4) is 0 Å². The number of alkyl halides is 2. The van der Waals surface area contributed by atoms with Gasteiger partial charge in [-0.1, -0.05) is 0 Å². The Morgan fingerprint density at radius 3 is 2.58 bits per heavy atom. The van der Waals surface area contributed by atoms with Gasteiger partial charge in [0.25, 0.3) is 0 Å². The quantitative estimate of drug-likeness (QED) is 0.869. The molecule has 2 N–H and O–H groups in total. The number of aliphatic hydroxyl groups is 1. The fourth-order valence-corrected chi connectivity index (χ4v) is 1.99. The van der Waals surface area contributed by atoms with Crippen molar-refractivity contribution < 1.29 is 28.1 Å². The fourth-order valence-electron chi connectivity index (χ4n) is 1.99. The summed E-state index contributed by atoms with van der Waals surface area (Å²) in [5.41, 5.74) is 0.333. The van der Waals surface area contributed by atoms with E-state index in [2.05, 4.69) is 14.8 Å². The van der Waals surface area contributed by atoms with Gasteiger partial charge in [-0.05, 0) is 12.1 Å². The maximum atomic E-state index is 12.8. The molecule has 0 amide bonds. The zero-order chi connectivity index (χ0) is 13.5. The summed E-state index contributed by atoms with van der Waals surface area (Å²) in [6.45, 7) is 1.49.